The molecule has 23 heavy (non-hydrogen) atoms. The number of ether oxygens (including phenoxy) is 1. The summed E-state index contributed by atoms with van der Waals surface area (Å²) in [5, 5.41) is 9.05. The van der Waals surface area contributed by atoms with E-state index in [4.69, 9.17) is 9.84 Å². The average molecular weight is 313 g/mol. The Morgan fingerprint density at radius 1 is 1.13 bits per heavy atom. The number of hydrogen-bond acceptors (Lipinski definition) is 3. The number of carboxylic acid groups (broad SMARTS) is 1. The normalized spacial score (nSPS) is 11.6. The van der Waals surface area contributed by atoms with E-state index in [1.54, 1.807) is 25.3 Å². The number of carbonyl (C=O) groups is 2. The lowest BCUT2D eigenvalue weighted by Gasteiger charge is -2.22. The van der Waals surface area contributed by atoms with E-state index in [1.165, 1.54) is 18.9 Å². The Labute approximate surface area is 135 Å². The van der Waals surface area contributed by atoms with Gasteiger partial charge in [0.15, 0.2) is 0 Å². The third-order valence-corrected chi connectivity index (χ3v) is 3.79. The summed E-state index contributed by atoms with van der Waals surface area (Å²) in [6.07, 6.45) is 0. The van der Waals surface area contributed by atoms with Crippen molar-refractivity contribution < 1.29 is 19.4 Å². The molecule has 0 spiro atoms. The Hall–Kier alpha value is -2.82. The molecule has 0 aliphatic rings. The van der Waals surface area contributed by atoms with E-state index >= 15 is 0 Å². The van der Waals surface area contributed by atoms with Crippen LogP contribution in [0.3, 0.4) is 0 Å². The van der Waals surface area contributed by atoms with Crippen molar-refractivity contribution in [2.24, 2.45) is 0 Å². The molecule has 0 heterocycles. The minimum absolute atomic E-state index is 0.347. The lowest BCUT2D eigenvalue weighted by Crippen LogP contribution is -2.40. The number of carbonyl (C=O) groups excluding carboxylic acids is 1. The molecule has 5 heteroatoms. The first-order chi connectivity index (χ1) is 11.0. The van der Waals surface area contributed by atoms with Gasteiger partial charge in [0.1, 0.15) is 11.8 Å². The third-order valence-electron chi connectivity index (χ3n) is 3.79. The van der Waals surface area contributed by atoms with E-state index in [2.05, 4.69) is 0 Å². The van der Waals surface area contributed by atoms with Crippen LogP contribution < -0.4 is 4.74 Å². The van der Waals surface area contributed by atoms with Crippen LogP contribution in [0.15, 0.2) is 48.5 Å². The van der Waals surface area contributed by atoms with Crippen LogP contribution >= 0.6 is 0 Å². The van der Waals surface area contributed by atoms with E-state index in [1.807, 2.05) is 30.3 Å². The topological polar surface area (TPSA) is 66.8 Å². The fourth-order valence-corrected chi connectivity index (χ4v) is 2.23. The number of benzene rings is 2. The molecule has 1 amide bonds. The summed E-state index contributed by atoms with van der Waals surface area (Å²) in [7, 11) is 3.05. The van der Waals surface area contributed by atoms with Gasteiger partial charge in [0.25, 0.3) is 5.91 Å². The number of aliphatic carboxylic acids is 1. The highest BCUT2D eigenvalue weighted by atomic mass is 16.5. The molecule has 0 aromatic heterocycles. The zero-order chi connectivity index (χ0) is 17.0. The molecule has 0 bridgehead atoms. The largest absolute Gasteiger partial charge is 0.496 e. The highest BCUT2D eigenvalue weighted by molar-refractivity contribution is 5.98. The third kappa shape index (κ3) is 3.51. The Balaban J connectivity index is 2.42. The highest BCUT2D eigenvalue weighted by Crippen LogP contribution is 2.31. The van der Waals surface area contributed by atoms with E-state index < -0.39 is 12.0 Å². The quantitative estimate of drug-likeness (QED) is 0.921. The molecule has 5 nitrogen and oxygen atoms in total. The van der Waals surface area contributed by atoms with Gasteiger partial charge in [0, 0.05) is 18.2 Å². The van der Waals surface area contributed by atoms with Crippen LogP contribution in [-0.4, -0.2) is 42.1 Å². The van der Waals surface area contributed by atoms with E-state index in [-0.39, 0.29) is 5.91 Å². The number of likely N-dealkylation sites (N-methyl/N-ethyl adjacent to an activating group) is 1. The second-order valence-corrected chi connectivity index (χ2v) is 5.21. The van der Waals surface area contributed by atoms with Gasteiger partial charge < -0.3 is 14.7 Å². The van der Waals surface area contributed by atoms with Gasteiger partial charge in [0.2, 0.25) is 0 Å². The van der Waals surface area contributed by atoms with Gasteiger partial charge >= 0.3 is 5.97 Å². The number of carboxylic acids is 1. The van der Waals surface area contributed by atoms with Crippen LogP contribution in [0.5, 0.6) is 5.75 Å². The standard InChI is InChI=1S/C18H19NO4/c1-12(18(21)22)19(2)17(20)14-9-10-16(23-3)15(11-14)13-7-5-4-6-8-13/h4-12H,1-3H3,(H,21,22)/t12-/m0/s1. The Kier molecular flexibility index (Phi) is 5.01. The van der Waals surface area contributed by atoms with Gasteiger partial charge in [-0.1, -0.05) is 30.3 Å². The summed E-state index contributed by atoms with van der Waals surface area (Å²) < 4.78 is 5.36. The van der Waals surface area contributed by atoms with Crippen molar-refractivity contribution in [2.75, 3.05) is 14.2 Å². The van der Waals surface area contributed by atoms with Crippen molar-refractivity contribution in [3.05, 3.63) is 54.1 Å². The molecule has 2 aromatic rings. The average Bonchev–Trinajstić information content (AvgIpc) is 2.59. The molecule has 1 N–H and O–H groups in total. The van der Waals surface area contributed by atoms with Crippen molar-refractivity contribution in [3.63, 3.8) is 0 Å². The van der Waals surface area contributed by atoms with Crippen LogP contribution in [0.25, 0.3) is 11.1 Å². The van der Waals surface area contributed by atoms with Crippen LogP contribution in [0.4, 0.5) is 0 Å². The lowest BCUT2D eigenvalue weighted by atomic mass is 10.0. The van der Waals surface area contributed by atoms with Gasteiger partial charge in [-0.15, -0.1) is 0 Å². The first-order valence-corrected chi connectivity index (χ1v) is 7.19. The van der Waals surface area contributed by atoms with Crippen LogP contribution in [0, 0.1) is 0 Å². The second kappa shape index (κ2) is 6.96. The second-order valence-electron chi connectivity index (χ2n) is 5.21. The van der Waals surface area contributed by atoms with Crippen LogP contribution in [-0.2, 0) is 4.79 Å². The van der Waals surface area contributed by atoms with Crippen molar-refractivity contribution in [1.82, 2.24) is 4.90 Å². The number of rotatable bonds is 5. The molecule has 0 fully saturated rings. The SMILES string of the molecule is COc1ccc(C(=O)N(C)[C@@H](C)C(=O)O)cc1-c1ccccc1. The zero-order valence-corrected chi connectivity index (χ0v) is 13.3. The molecule has 0 radical (unpaired) electrons. The van der Waals surface area contributed by atoms with E-state index in [0.717, 1.165) is 11.1 Å². The predicted molar refractivity (Wildman–Crippen MR) is 87.6 cm³/mol. The summed E-state index contributed by atoms with van der Waals surface area (Å²) in [6, 6.07) is 13.8. The number of hydrogen-bond donors (Lipinski definition) is 1. The first kappa shape index (κ1) is 16.5. The number of nitrogens with zero attached hydrogens (tertiary/aromatic N) is 1. The monoisotopic (exact) mass is 313 g/mol. The van der Waals surface area contributed by atoms with Gasteiger partial charge in [-0.3, -0.25) is 4.79 Å². The van der Waals surface area contributed by atoms with Gasteiger partial charge in [0.05, 0.1) is 7.11 Å². The summed E-state index contributed by atoms with van der Waals surface area (Å²) in [4.78, 5) is 24.8. The molecular formula is C18H19NO4. The van der Waals surface area contributed by atoms with E-state index in [9.17, 15) is 9.59 Å². The summed E-state index contributed by atoms with van der Waals surface area (Å²) in [5.74, 6) is -0.737. The maximum Gasteiger partial charge on any atom is 0.326 e. The van der Waals surface area contributed by atoms with Crippen LogP contribution in [0.1, 0.15) is 17.3 Å². The van der Waals surface area contributed by atoms with Gasteiger partial charge in [-0.25, -0.2) is 4.79 Å². The molecule has 0 aliphatic carbocycles. The Morgan fingerprint density at radius 2 is 1.78 bits per heavy atom. The van der Waals surface area contributed by atoms with E-state index in [0.29, 0.717) is 11.3 Å². The number of methoxy groups -OCH3 is 1. The fourth-order valence-electron chi connectivity index (χ4n) is 2.23. The smallest absolute Gasteiger partial charge is 0.326 e. The minimum Gasteiger partial charge on any atom is -0.496 e. The zero-order valence-electron chi connectivity index (χ0n) is 13.3. The first-order valence-electron chi connectivity index (χ1n) is 7.19. The molecule has 2 aromatic carbocycles. The summed E-state index contributed by atoms with van der Waals surface area (Å²) in [6.45, 7) is 1.47. The fraction of sp³-hybridized carbons (Fsp3) is 0.222. The molecule has 2 rings (SSSR count). The molecular weight excluding hydrogens is 294 g/mol. The molecule has 120 valence electrons. The molecule has 1 atom stereocenters. The lowest BCUT2D eigenvalue weighted by molar-refractivity contribution is -0.141. The van der Waals surface area contributed by atoms with Crippen LogP contribution in [0.2, 0.25) is 0 Å². The molecule has 0 saturated heterocycles. The summed E-state index contributed by atoms with van der Waals surface area (Å²) >= 11 is 0. The van der Waals surface area contributed by atoms with Gasteiger partial charge in [-0.2, -0.15) is 0 Å². The van der Waals surface area contributed by atoms with Crippen molar-refractivity contribution >= 4 is 11.9 Å². The Bertz CT molecular complexity index is 712. The van der Waals surface area contributed by atoms with Crippen molar-refractivity contribution in [3.8, 4) is 16.9 Å². The predicted octanol–water partition coefficient (Wildman–Crippen LogP) is 2.91. The highest BCUT2D eigenvalue weighted by Gasteiger charge is 2.23. The minimum atomic E-state index is -1.04. The molecule has 0 unspecified atom stereocenters. The Morgan fingerprint density at radius 3 is 2.35 bits per heavy atom. The maximum atomic E-state index is 12.5. The summed E-state index contributed by atoms with van der Waals surface area (Å²) in [5.41, 5.74) is 2.13. The van der Waals surface area contributed by atoms with Gasteiger partial charge in [-0.05, 0) is 30.7 Å². The van der Waals surface area contributed by atoms with Crippen molar-refractivity contribution in [1.29, 1.82) is 0 Å². The van der Waals surface area contributed by atoms with Crippen molar-refractivity contribution in [2.45, 2.75) is 13.0 Å². The maximum absolute atomic E-state index is 12.5. The number of amides is 1. The molecule has 0 aliphatic heterocycles. The molecule has 0 saturated carbocycles.